The molecule has 4 heteroatoms. The molecule has 2 fully saturated rings. The summed E-state index contributed by atoms with van der Waals surface area (Å²) in [6.07, 6.45) is 6.74. The fourth-order valence-corrected chi connectivity index (χ4v) is 4.84. The third-order valence-corrected chi connectivity index (χ3v) is 6.21. The fourth-order valence-electron chi connectivity index (χ4n) is 4.84. The summed E-state index contributed by atoms with van der Waals surface area (Å²) >= 11 is 0. The molecule has 3 aliphatic rings. The predicted octanol–water partition coefficient (Wildman–Crippen LogP) is 4.10. The van der Waals surface area contributed by atoms with Gasteiger partial charge in [0.1, 0.15) is 6.17 Å². The number of hydrogen-bond donors (Lipinski definition) is 1. The van der Waals surface area contributed by atoms with E-state index >= 15 is 0 Å². The SMILES string of the molecule is FC1CCC(C2CCNC[C@H]2CCc2ccc3c(c2)OCO3)CC1. The van der Waals surface area contributed by atoms with Crippen molar-refractivity contribution in [3.05, 3.63) is 23.8 Å². The van der Waals surface area contributed by atoms with Crippen LogP contribution in [0.4, 0.5) is 4.39 Å². The Morgan fingerprint density at radius 1 is 1.04 bits per heavy atom. The molecule has 1 saturated heterocycles. The van der Waals surface area contributed by atoms with E-state index in [1.165, 1.54) is 18.4 Å². The number of alkyl halides is 1. The van der Waals surface area contributed by atoms with Crippen LogP contribution in [-0.4, -0.2) is 26.1 Å². The molecule has 1 saturated carbocycles. The van der Waals surface area contributed by atoms with Gasteiger partial charge in [0.05, 0.1) is 0 Å². The maximum absolute atomic E-state index is 13.5. The van der Waals surface area contributed by atoms with Crippen LogP contribution in [0, 0.1) is 17.8 Å². The van der Waals surface area contributed by atoms with Crippen molar-refractivity contribution in [1.82, 2.24) is 5.32 Å². The van der Waals surface area contributed by atoms with E-state index in [4.69, 9.17) is 9.47 Å². The Bertz CT molecular complexity index is 557. The number of halogens is 1. The Balaban J connectivity index is 1.36. The molecule has 0 amide bonds. The van der Waals surface area contributed by atoms with E-state index in [2.05, 4.69) is 17.4 Å². The molecule has 2 heterocycles. The van der Waals surface area contributed by atoms with Gasteiger partial charge in [-0.1, -0.05) is 6.07 Å². The zero-order valence-electron chi connectivity index (χ0n) is 14.3. The molecule has 2 atom stereocenters. The van der Waals surface area contributed by atoms with E-state index in [-0.39, 0.29) is 0 Å². The first-order chi connectivity index (χ1) is 11.8. The minimum atomic E-state index is -0.546. The second-order valence-electron chi connectivity index (χ2n) is 7.66. The second-order valence-corrected chi connectivity index (χ2v) is 7.66. The number of piperidine rings is 1. The van der Waals surface area contributed by atoms with E-state index in [1.54, 1.807) is 0 Å². The van der Waals surface area contributed by atoms with Crippen molar-refractivity contribution in [3.8, 4) is 11.5 Å². The first-order valence-corrected chi connectivity index (χ1v) is 9.53. The Hall–Kier alpha value is -1.29. The maximum atomic E-state index is 13.5. The molecule has 3 nitrogen and oxygen atoms in total. The van der Waals surface area contributed by atoms with Crippen molar-refractivity contribution in [3.63, 3.8) is 0 Å². The summed E-state index contributed by atoms with van der Waals surface area (Å²) in [7, 11) is 0. The van der Waals surface area contributed by atoms with Crippen LogP contribution in [0.15, 0.2) is 18.2 Å². The first kappa shape index (κ1) is 16.2. The second kappa shape index (κ2) is 7.30. The molecule has 1 aliphatic carbocycles. The molecule has 4 rings (SSSR count). The largest absolute Gasteiger partial charge is 0.454 e. The zero-order valence-corrected chi connectivity index (χ0v) is 14.3. The molecular formula is C20H28FNO2. The maximum Gasteiger partial charge on any atom is 0.231 e. The third kappa shape index (κ3) is 3.53. The first-order valence-electron chi connectivity index (χ1n) is 9.53. The Morgan fingerprint density at radius 2 is 1.88 bits per heavy atom. The predicted molar refractivity (Wildman–Crippen MR) is 92.2 cm³/mol. The molecule has 0 radical (unpaired) electrons. The van der Waals surface area contributed by atoms with Crippen LogP contribution in [0.1, 0.15) is 44.1 Å². The van der Waals surface area contributed by atoms with Crippen molar-refractivity contribution in [2.75, 3.05) is 19.9 Å². The monoisotopic (exact) mass is 333 g/mol. The lowest BCUT2D eigenvalue weighted by Gasteiger charge is -2.40. The summed E-state index contributed by atoms with van der Waals surface area (Å²) in [5.41, 5.74) is 1.33. The van der Waals surface area contributed by atoms with E-state index in [0.29, 0.717) is 12.7 Å². The Morgan fingerprint density at radius 3 is 2.75 bits per heavy atom. The number of rotatable bonds is 4. The van der Waals surface area contributed by atoms with Crippen LogP contribution in [0.3, 0.4) is 0 Å². The molecule has 2 aliphatic heterocycles. The average Bonchev–Trinajstić information content (AvgIpc) is 3.09. The molecule has 1 aromatic rings. The van der Waals surface area contributed by atoms with Gasteiger partial charge < -0.3 is 14.8 Å². The van der Waals surface area contributed by atoms with Crippen LogP contribution < -0.4 is 14.8 Å². The van der Waals surface area contributed by atoms with Crippen LogP contribution in [0.2, 0.25) is 0 Å². The van der Waals surface area contributed by atoms with Crippen LogP contribution in [-0.2, 0) is 6.42 Å². The van der Waals surface area contributed by atoms with Gasteiger partial charge in [-0.05, 0) is 93.5 Å². The van der Waals surface area contributed by atoms with Crippen LogP contribution in [0.25, 0.3) is 0 Å². The van der Waals surface area contributed by atoms with Gasteiger partial charge in [-0.2, -0.15) is 0 Å². The number of nitrogens with one attached hydrogen (secondary N) is 1. The van der Waals surface area contributed by atoms with E-state index in [1.807, 2.05) is 6.07 Å². The average molecular weight is 333 g/mol. The highest BCUT2D eigenvalue weighted by Crippen LogP contribution is 2.40. The van der Waals surface area contributed by atoms with Crippen molar-refractivity contribution in [2.45, 2.75) is 51.1 Å². The van der Waals surface area contributed by atoms with Crippen LogP contribution in [0.5, 0.6) is 11.5 Å². The van der Waals surface area contributed by atoms with Gasteiger partial charge in [0.15, 0.2) is 11.5 Å². The van der Waals surface area contributed by atoms with Crippen molar-refractivity contribution >= 4 is 0 Å². The van der Waals surface area contributed by atoms with E-state index in [0.717, 1.165) is 68.5 Å². The number of benzene rings is 1. The molecule has 1 unspecified atom stereocenters. The topological polar surface area (TPSA) is 30.5 Å². The summed E-state index contributed by atoms with van der Waals surface area (Å²) in [5, 5.41) is 3.57. The minimum Gasteiger partial charge on any atom is -0.454 e. The van der Waals surface area contributed by atoms with Crippen molar-refractivity contribution in [1.29, 1.82) is 0 Å². The third-order valence-electron chi connectivity index (χ3n) is 6.21. The summed E-state index contributed by atoms with van der Waals surface area (Å²) < 4.78 is 24.3. The fraction of sp³-hybridized carbons (Fsp3) is 0.700. The summed E-state index contributed by atoms with van der Waals surface area (Å²) in [6.45, 7) is 2.58. The van der Waals surface area contributed by atoms with E-state index < -0.39 is 6.17 Å². The Kier molecular flexibility index (Phi) is 4.93. The molecule has 1 aromatic carbocycles. The lowest BCUT2D eigenvalue weighted by Crippen LogP contribution is -2.41. The standard InChI is InChI=1S/C20H28FNO2/c21-17-6-4-15(5-7-17)18-9-10-22-12-16(18)3-1-14-2-8-19-20(11-14)24-13-23-19/h2,8,11,15-18,22H,1,3-7,9-10,12-13H2/t15?,16-,17?,18?/m1/s1. The molecule has 0 spiro atoms. The smallest absolute Gasteiger partial charge is 0.231 e. The van der Waals surface area contributed by atoms with Crippen molar-refractivity contribution in [2.24, 2.45) is 17.8 Å². The van der Waals surface area contributed by atoms with Gasteiger partial charge in [-0.15, -0.1) is 0 Å². The highest BCUT2D eigenvalue weighted by Gasteiger charge is 2.34. The highest BCUT2D eigenvalue weighted by atomic mass is 19.1. The molecule has 24 heavy (non-hydrogen) atoms. The molecule has 132 valence electrons. The molecule has 1 N–H and O–H groups in total. The summed E-state index contributed by atoms with van der Waals surface area (Å²) in [4.78, 5) is 0. The van der Waals surface area contributed by atoms with Gasteiger partial charge in [-0.3, -0.25) is 0 Å². The number of hydrogen-bond acceptors (Lipinski definition) is 3. The quantitative estimate of drug-likeness (QED) is 0.900. The number of ether oxygens (including phenoxy) is 2. The molecular weight excluding hydrogens is 305 g/mol. The lowest BCUT2D eigenvalue weighted by atomic mass is 9.69. The zero-order chi connectivity index (χ0) is 16.4. The summed E-state index contributed by atoms with van der Waals surface area (Å²) in [6, 6.07) is 6.31. The van der Waals surface area contributed by atoms with Gasteiger partial charge in [-0.25, -0.2) is 4.39 Å². The number of fused-ring (bicyclic) bond motifs is 1. The Labute approximate surface area is 143 Å². The van der Waals surface area contributed by atoms with Crippen molar-refractivity contribution < 1.29 is 13.9 Å². The summed E-state index contributed by atoms with van der Waals surface area (Å²) in [5.74, 6) is 3.96. The van der Waals surface area contributed by atoms with Gasteiger partial charge in [0.25, 0.3) is 0 Å². The van der Waals surface area contributed by atoms with Gasteiger partial charge in [0.2, 0.25) is 6.79 Å². The molecule has 0 aromatic heterocycles. The minimum absolute atomic E-state index is 0.338. The van der Waals surface area contributed by atoms with Crippen LogP contribution >= 0.6 is 0 Å². The van der Waals surface area contributed by atoms with E-state index in [9.17, 15) is 4.39 Å². The molecule has 0 bridgehead atoms. The van der Waals surface area contributed by atoms with Gasteiger partial charge >= 0.3 is 0 Å². The lowest BCUT2D eigenvalue weighted by molar-refractivity contribution is 0.104. The number of aryl methyl sites for hydroxylation is 1. The normalized spacial score (nSPS) is 32.7. The van der Waals surface area contributed by atoms with Gasteiger partial charge in [0, 0.05) is 0 Å². The highest BCUT2D eigenvalue weighted by molar-refractivity contribution is 5.44.